The van der Waals surface area contributed by atoms with Gasteiger partial charge in [0.2, 0.25) is 5.91 Å². The summed E-state index contributed by atoms with van der Waals surface area (Å²) in [5, 5.41) is 3.08. The van der Waals surface area contributed by atoms with E-state index in [0.29, 0.717) is 6.54 Å². The van der Waals surface area contributed by atoms with Gasteiger partial charge in [0.15, 0.2) is 0 Å². The number of amides is 1. The van der Waals surface area contributed by atoms with Crippen LogP contribution in [-0.2, 0) is 11.3 Å². The zero-order valence-electron chi connectivity index (χ0n) is 17.4. The molecule has 0 atom stereocenters. The van der Waals surface area contributed by atoms with E-state index in [4.69, 9.17) is 4.74 Å². The molecule has 0 saturated carbocycles. The molecule has 1 amide bonds. The number of hydrogen-bond acceptors (Lipinski definition) is 7. The van der Waals surface area contributed by atoms with E-state index in [-0.39, 0.29) is 11.8 Å². The molecule has 0 unspecified atom stereocenters. The molecule has 7 nitrogen and oxygen atoms in total. The molecule has 3 heterocycles. The molecule has 8 heteroatoms. The first kappa shape index (κ1) is 20.8. The number of anilines is 2. The first-order valence-corrected chi connectivity index (χ1v) is 11.7. The Morgan fingerprint density at radius 3 is 2.50 bits per heavy atom. The van der Waals surface area contributed by atoms with Crippen LogP contribution in [0.3, 0.4) is 0 Å². The van der Waals surface area contributed by atoms with Gasteiger partial charge in [-0.05, 0) is 30.5 Å². The second kappa shape index (κ2) is 10.0. The number of benzene rings is 1. The Morgan fingerprint density at radius 1 is 1.10 bits per heavy atom. The fourth-order valence-corrected chi connectivity index (χ4v) is 4.87. The highest BCUT2D eigenvalue weighted by molar-refractivity contribution is 7.99. The minimum atomic E-state index is 0.0484. The predicted molar refractivity (Wildman–Crippen MR) is 121 cm³/mol. The topological polar surface area (TPSA) is 70.6 Å². The Morgan fingerprint density at radius 2 is 1.80 bits per heavy atom. The number of carbonyl (C=O) groups is 1. The zero-order valence-corrected chi connectivity index (χ0v) is 18.2. The lowest BCUT2D eigenvalue weighted by molar-refractivity contribution is -0.125. The van der Waals surface area contributed by atoms with Gasteiger partial charge in [0.25, 0.3) is 0 Å². The molecular weight excluding hydrogens is 398 g/mol. The van der Waals surface area contributed by atoms with E-state index in [2.05, 4.69) is 31.2 Å². The molecule has 1 aromatic carbocycles. The van der Waals surface area contributed by atoms with Gasteiger partial charge in [-0.3, -0.25) is 4.79 Å². The summed E-state index contributed by atoms with van der Waals surface area (Å²) in [6.45, 7) is 4.28. The first-order chi connectivity index (χ1) is 14.7. The molecule has 2 aliphatic rings. The van der Waals surface area contributed by atoms with Gasteiger partial charge in [-0.25, -0.2) is 9.97 Å². The summed E-state index contributed by atoms with van der Waals surface area (Å²) in [5.41, 5.74) is 1.05. The van der Waals surface area contributed by atoms with Crippen molar-refractivity contribution in [3.63, 3.8) is 0 Å². The van der Waals surface area contributed by atoms with Crippen LogP contribution in [-0.4, -0.2) is 60.7 Å². The van der Waals surface area contributed by atoms with Crippen LogP contribution in [0, 0.1) is 5.92 Å². The average Bonchev–Trinajstić information content (AvgIpc) is 2.83. The summed E-state index contributed by atoms with van der Waals surface area (Å²) in [6.07, 6.45) is 3.34. The van der Waals surface area contributed by atoms with E-state index in [9.17, 15) is 4.79 Å². The molecule has 0 spiro atoms. The Bertz CT molecular complexity index is 851. The lowest BCUT2D eigenvalue weighted by atomic mass is 9.96. The maximum Gasteiger partial charge on any atom is 0.223 e. The molecule has 1 aromatic heterocycles. The molecule has 0 aliphatic carbocycles. The third-order valence-electron chi connectivity index (χ3n) is 5.76. The summed E-state index contributed by atoms with van der Waals surface area (Å²) >= 11 is 1.99. The number of methoxy groups -OCH3 is 1. The Balaban J connectivity index is 1.28. The second-order valence-electron chi connectivity index (χ2n) is 7.66. The van der Waals surface area contributed by atoms with Crippen molar-refractivity contribution in [3.05, 3.63) is 42.2 Å². The fourth-order valence-electron chi connectivity index (χ4n) is 3.96. The maximum absolute atomic E-state index is 12.6. The molecule has 0 bridgehead atoms. The van der Waals surface area contributed by atoms with Crippen LogP contribution < -0.4 is 19.9 Å². The summed E-state index contributed by atoms with van der Waals surface area (Å²) < 4.78 is 5.25. The van der Waals surface area contributed by atoms with Crippen molar-refractivity contribution in [2.24, 2.45) is 5.92 Å². The van der Waals surface area contributed by atoms with Gasteiger partial charge in [0.1, 0.15) is 23.7 Å². The molecule has 2 aromatic rings. The van der Waals surface area contributed by atoms with E-state index < -0.39 is 0 Å². The molecule has 160 valence electrons. The smallest absolute Gasteiger partial charge is 0.223 e. The predicted octanol–water partition coefficient (Wildman–Crippen LogP) is 2.57. The Kier molecular flexibility index (Phi) is 6.94. The van der Waals surface area contributed by atoms with Gasteiger partial charge < -0.3 is 19.9 Å². The monoisotopic (exact) mass is 427 g/mol. The van der Waals surface area contributed by atoms with Crippen LogP contribution in [0.15, 0.2) is 36.7 Å². The molecular formula is C22H29N5O2S. The third-order valence-corrected chi connectivity index (χ3v) is 6.71. The number of aromatic nitrogens is 2. The van der Waals surface area contributed by atoms with Crippen LogP contribution >= 0.6 is 11.8 Å². The SMILES string of the molecule is COc1cccc(CNC(=O)C2CCN(c3cc(N4CCSCC4)ncn3)CC2)c1. The molecule has 4 rings (SSSR count). The van der Waals surface area contributed by atoms with Crippen LogP contribution in [0.1, 0.15) is 18.4 Å². The summed E-state index contributed by atoms with van der Waals surface area (Å²) in [5.74, 6) is 5.26. The van der Waals surface area contributed by atoms with E-state index in [0.717, 1.165) is 73.5 Å². The number of piperidine rings is 1. The number of carbonyl (C=O) groups excluding carboxylic acids is 1. The number of hydrogen-bond donors (Lipinski definition) is 1. The van der Waals surface area contributed by atoms with E-state index in [1.165, 1.54) is 0 Å². The quantitative estimate of drug-likeness (QED) is 0.760. The lowest BCUT2D eigenvalue weighted by Gasteiger charge is -2.33. The average molecular weight is 428 g/mol. The highest BCUT2D eigenvalue weighted by Crippen LogP contribution is 2.25. The van der Waals surface area contributed by atoms with E-state index in [1.54, 1.807) is 13.4 Å². The maximum atomic E-state index is 12.6. The largest absolute Gasteiger partial charge is 0.497 e. The number of nitrogens with one attached hydrogen (secondary N) is 1. The van der Waals surface area contributed by atoms with Gasteiger partial charge in [0, 0.05) is 56.2 Å². The van der Waals surface area contributed by atoms with Crippen molar-refractivity contribution in [2.75, 3.05) is 54.6 Å². The molecule has 1 N–H and O–H groups in total. The Hall–Kier alpha value is -2.48. The van der Waals surface area contributed by atoms with Gasteiger partial charge in [-0.2, -0.15) is 11.8 Å². The van der Waals surface area contributed by atoms with E-state index >= 15 is 0 Å². The minimum Gasteiger partial charge on any atom is -0.497 e. The number of ether oxygens (including phenoxy) is 1. The van der Waals surface area contributed by atoms with Crippen molar-refractivity contribution < 1.29 is 9.53 Å². The van der Waals surface area contributed by atoms with Gasteiger partial charge >= 0.3 is 0 Å². The number of thioether (sulfide) groups is 1. The second-order valence-corrected chi connectivity index (χ2v) is 8.89. The van der Waals surface area contributed by atoms with Crippen LogP contribution in [0.25, 0.3) is 0 Å². The fraction of sp³-hybridized carbons (Fsp3) is 0.500. The lowest BCUT2D eigenvalue weighted by Crippen LogP contribution is -2.41. The third kappa shape index (κ3) is 5.16. The van der Waals surface area contributed by atoms with Crippen LogP contribution in [0.2, 0.25) is 0 Å². The van der Waals surface area contributed by atoms with Gasteiger partial charge in [-0.15, -0.1) is 0 Å². The van der Waals surface area contributed by atoms with Crippen molar-refractivity contribution in [1.82, 2.24) is 15.3 Å². The van der Waals surface area contributed by atoms with Crippen molar-refractivity contribution in [2.45, 2.75) is 19.4 Å². The highest BCUT2D eigenvalue weighted by atomic mass is 32.2. The Labute approximate surface area is 182 Å². The zero-order chi connectivity index (χ0) is 20.8. The minimum absolute atomic E-state index is 0.0484. The van der Waals surface area contributed by atoms with Gasteiger partial charge in [-0.1, -0.05) is 12.1 Å². The first-order valence-electron chi connectivity index (χ1n) is 10.5. The summed E-state index contributed by atoms with van der Waals surface area (Å²) in [6, 6.07) is 9.90. The molecule has 30 heavy (non-hydrogen) atoms. The number of rotatable bonds is 6. The highest BCUT2D eigenvalue weighted by Gasteiger charge is 2.26. The number of nitrogens with zero attached hydrogens (tertiary/aromatic N) is 4. The van der Waals surface area contributed by atoms with E-state index in [1.807, 2.05) is 36.0 Å². The van der Waals surface area contributed by atoms with Crippen LogP contribution in [0.5, 0.6) is 5.75 Å². The van der Waals surface area contributed by atoms with Crippen molar-refractivity contribution in [3.8, 4) is 5.75 Å². The van der Waals surface area contributed by atoms with Crippen molar-refractivity contribution in [1.29, 1.82) is 0 Å². The van der Waals surface area contributed by atoms with Crippen LogP contribution in [0.4, 0.5) is 11.6 Å². The molecule has 2 fully saturated rings. The van der Waals surface area contributed by atoms with Gasteiger partial charge in [0.05, 0.1) is 7.11 Å². The summed E-state index contributed by atoms with van der Waals surface area (Å²) in [4.78, 5) is 26.2. The normalized spacial score (nSPS) is 17.6. The molecule has 2 aliphatic heterocycles. The molecule has 2 saturated heterocycles. The summed E-state index contributed by atoms with van der Waals surface area (Å²) in [7, 11) is 1.65. The molecule has 0 radical (unpaired) electrons. The standard InChI is InChI=1S/C22H29N5O2S/c1-29-19-4-2-3-17(13-19)15-23-22(28)18-5-7-26(8-6-18)20-14-21(25-16-24-20)27-9-11-30-12-10-27/h2-4,13-14,16,18H,5-12,15H2,1H3,(H,23,28). The van der Waals surface area contributed by atoms with Crippen molar-refractivity contribution >= 4 is 29.3 Å².